The predicted molar refractivity (Wildman–Crippen MR) is 149 cm³/mol. The maximum atomic E-state index is 14.0. The van der Waals surface area contributed by atoms with Crippen LogP contribution in [-0.4, -0.2) is 73.9 Å². The van der Waals surface area contributed by atoms with Crippen molar-refractivity contribution < 1.29 is 23.5 Å². The molecule has 1 heterocycles. The number of benzene rings is 3. The molecule has 0 spiro atoms. The SMILES string of the molecule is C=CCN(CC(=O)Nc1ccc(N2CCN(C(=O)c3ccccc3F)CC2)cc1)C(=O)c1cccc(OC)c1. The van der Waals surface area contributed by atoms with E-state index in [9.17, 15) is 18.8 Å². The summed E-state index contributed by atoms with van der Waals surface area (Å²) in [6, 6.07) is 20.2. The molecular formula is C30H31FN4O4. The molecule has 0 bridgehead atoms. The van der Waals surface area contributed by atoms with Crippen LogP contribution in [0.25, 0.3) is 0 Å². The molecule has 8 nitrogen and oxygen atoms in total. The smallest absolute Gasteiger partial charge is 0.256 e. The van der Waals surface area contributed by atoms with Gasteiger partial charge in [0.05, 0.1) is 12.7 Å². The zero-order valence-electron chi connectivity index (χ0n) is 21.8. The molecule has 9 heteroatoms. The molecule has 1 fully saturated rings. The van der Waals surface area contributed by atoms with Crippen molar-refractivity contribution in [2.75, 3.05) is 56.6 Å². The second-order valence-electron chi connectivity index (χ2n) is 9.06. The predicted octanol–water partition coefficient (Wildman–Crippen LogP) is 4.06. The van der Waals surface area contributed by atoms with E-state index in [1.807, 2.05) is 12.1 Å². The lowest BCUT2D eigenvalue weighted by Crippen LogP contribution is -2.49. The highest BCUT2D eigenvalue weighted by atomic mass is 19.1. The lowest BCUT2D eigenvalue weighted by molar-refractivity contribution is -0.116. The van der Waals surface area contributed by atoms with Crippen molar-refractivity contribution in [3.63, 3.8) is 0 Å². The Balaban J connectivity index is 1.31. The van der Waals surface area contributed by atoms with Crippen LogP contribution >= 0.6 is 0 Å². The highest BCUT2D eigenvalue weighted by Crippen LogP contribution is 2.21. The van der Waals surface area contributed by atoms with Gasteiger partial charge in [0.15, 0.2) is 0 Å². The second-order valence-corrected chi connectivity index (χ2v) is 9.06. The van der Waals surface area contributed by atoms with Crippen molar-refractivity contribution in [1.29, 1.82) is 0 Å². The lowest BCUT2D eigenvalue weighted by Gasteiger charge is -2.36. The Morgan fingerprint density at radius 3 is 2.38 bits per heavy atom. The second kappa shape index (κ2) is 12.7. The van der Waals surface area contributed by atoms with E-state index in [2.05, 4.69) is 16.8 Å². The van der Waals surface area contributed by atoms with Crippen LogP contribution in [0.15, 0.2) is 85.5 Å². The molecule has 1 aliphatic heterocycles. The van der Waals surface area contributed by atoms with Crippen LogP contribution in [-0.2, 0) is 4.79 Å². The maximum Gasteiger partial charge on any atom is 0.256 e. The number of piperazine rings is 1. The average molecular weight is 531 g/mol. The Morgan fingerprint density at radius 2 is 1.72 bits per heavy atom. The number of hydrogen-bond acceptors (Lipinski definition) is 5. The fourth-order valence-electron chi connectivity index (χ4n) is 4.42. The van der Waals surface area contributed by atoms with Crippen LogP contribution in [0.1, 0.15) is 20.7 Å². The Bertz CT molecular complexity index is 1340. The Labute approximate surface area is 227 Å². The third-order valence-corrected chi connectivity index (χ3v) is 6.48. The number of amides is 3. The molecule has 0 atom stereocenters. The van der Waals surface area contributed by atoms with Crippen molar-refractivity contribution in [3.05, 3.63) is 102 Å². The topological polar surface area (TPSA) is 82.2 Å². The van der Waals surface area contributed by atoms with Gasteiger partial charge in [0.1, 0.15) is 18.1 Å². The van der Waals surface area contributed by atoms with Crippen LogP contribution in [0.2, 0.25) is 0 Å². The number of rotatable bonds is 9. The quantitative estimate of drug-likeness (QED) is 0.422. The minimum atomic E-state index is -0.514. The first kappa shape index (κ1) is 27.4. The van der Waals surface area contributed by atoms with Crippen molar-refractivity contribution >= 4 is 29.1 Å². The molecule has 0 aromatic heterocycles. The summed E-state index contributed by atoms with van der Waals surface area (Å²) in [4.78, 5) is 43.6. The summed E-state index contributed by atoms with van der Waals surface area (Å²) >= 11 is 0. The monoisotopic (exact) mass is 530 g/mol. The van der Waals surface area contributed by atoms with Gasteiger partial charge in [-0.15, -0.1) is 6.58 Å². The summed E-state index contributed by atoms with van der Waals surface area (Å²) in [6.45, 7) is 5.94. The minimum Gasteiger partial charge on any atom is -0.497 e. The molecule has 0 radical (unpaired) electrons. The number of carbonyl (C=O) groups excluding carboxylic acids is 3. The summed E-state index contributed by atoms with van der Waals surface area (Å²) in [6.07, 6.45) is 1.57. The number of halogens is 1. The van der Waals surface area contributed by atoms with E-state index in [-0.39, 0.29) is 36.4 Å². The van der Waals surface area contributed by atoms with Gasteiger partial charge in [-0.25, -0.2) is 4.39 Å². The van der Waals surface area contributed by atoms with Crippen LogP contribution in [0, 0.1) is 5.82 Å². The average Bonchev–Trinajstić information content (AvgIpc) is 2.97. The number of methoxy groups -OCH3 is 1. The summed E-state index contributed by atoms with van der Waals surface area (Å²) < 4.78 is 19.2. The Kier molecular flexibility index (Phi) is 8.94. The van der Waals surface area contributed by atoms with Gasteiger partial charge < -0.3 is 24.8 Å². The minimum absolute atomic E-state index is 0.0860. The van der Waals surface area contributed by atoms with E-state index in [0.29, 0.717) is 43.2 Å². The molecule has 3 amide bonds. The highest BCUT2D eigenvalue weighted by molar-refractivity contribution is 5.99. The van der Waals surface area contributed by atoms with Crippen LogP contribution in [0.4, 0.5) is 15.8 Å². The molecule has 202 valence electrons. The molecule has 3 aromatic carbocycles. The Hall–Kier alpha value is -4.66. The third-order valence-electron chi connectivity index (χ3n) is 6.48. The largest absolute Gasteiger partial charge is 0.497 e. The van der Waals surface area contributed by atoms with Crippen LogP contribution in [0.3, 0.4) is 0 Å². The van der Waals surface area contributed by atoms with Crippen molar-refractivity contribution in [2.24, 2.45) is 0 Å². The van der Waals surface area contributed by atoms with E-state index in [1.165, 1.54) is 24.1 Å². The first-order chi connectivity index (χ1) is 18.9. The van der Waals surface area contributed by atoms with Gasteiger partial charge in [0.25, 0.3) is 11.8 Å². The van der Waals surface area contributed by atoms with Crippen molar-refractivity contribution in [1.82, 2.24) is 9.80 Å². The number of carbonyl (C=O) groups is 3. The number of anilines is 2. The molecule has 3 aromatic rings. The molecule has 1 aliphatic rings. The lowest BCUT2D eigenvalue weighted by atomic mass is 10.1. The standard InChI is InChI=1S/C30H31FN4O4/c1-3-15-35(29(37)22-7-6-8-25(20-22)39-2)21-28(36)32-23-11-13-24(14-12-23)33-16-18-34(19-17-33)30(38)26-9-4-5-10-27(26)31/h3-14,20H,1,15-19,21H2,2H3,(H,32,36). The van der Waals surface area contributed by atoms with E-state index in [0.717, 1.165) is 5.69 Å². The van der Waals surface area contributed by atoms with Gasteiger partial charge in [-0.05, 0) is 54.6 Å². The highest BCUT2D eigenvalue weighted by Gasteiger charge is 2.24. The summed E-state index contributed by atoms with van der Waals surface area (Å²) in [7, 11) is 1.53. The molecule has 0 aliphatic carbocycles. The molecule has 39 heavy (non-hydrogen) atoms. The van der Waals surface area contributed by atoms with Gasteiger partial charge in [-0.3, -0.25) is 14.4 Å². The van der Waals surface area contributed by atoms with Crippen LogP contribution < -0.4 is 15.0 Å². The van der Waals surface area contributed by atoms with Gasteiger partial charge in [-0.2, -0.15) is 0 Å². The van der Waals surface area contributed by atoms with E-state index < -0.39 is 5.82 Å². The number of ether oxygens (including phenoxy) is 1. The fraction of sp³-hybridized carbons (Fsp3) is 0.233. The zero-order valence-corrected chi connectivity index (χ0v) is 21.8. The van der Waals surface area contributed by atoms with Gasteiger partial charge in [0.2, 0.25) is 5.91 Å². The molecule has 4 rings (SSSR count). The number of hydrogen-bond donors (Lipinski definition) is 1. The van der Waals surface area contributed by atoms with E-state index in [4.69, 9.17) is 4.74 Å². The number of nitrogens with one attached hydrogen (secondary N) is 1. The molecule has 1 saturated heterocycles. The van der Waals surface area contributed by atoms with Crippen molar-refractivity contribution in [3.8, 4) is 5.75 Å². The van der Waals surface area contributed by atoms with E-state index >= 15 is 0 Å². The first-order valence-electron chi connectivity index (χ1n) is 12.6. The first-order valence-corrected chi connectivity index (χ1v) is 12.6. The molecule has 0 saturated carbocycles. The third kappa shape index (κ3) is 6.81. The molecule has 0 unspecified atom stereocenters. The van der Waals surface area contributed by atoms with Gasteiger partial charge in [-0.1, -0.05) is 24.3 Å². The maximum absolute atomic E-state index is 14.0. The summed E-state index contributed by atoms with van der Waals surface area (Å²) in [5.74, 6) is -0.892. The van der Waals surface area contributed by atoms with Gasteiger partial charge >= 0.3 is 0 Å². The summed E-state index contributed by atoms with van der Waals surface area (Å²) in [5.41, 5.74) is 2.06. The van der Waals surface area contributed by atoms with E-state index in [1.54, 1.807) is 59.5 Å². The zero-order chi connectivity index (χ0) is 27.8. The normalized spacial score (nSPS) is 13.0. The Morgan fingerprint density at radius 1 is 1.00 bits per heavy atom. The summed E-state index contributed by atoms with van der Waals surface area (Å²) in [5, 5.41) is 2.84. The molecule has 1 N–H and O–H groups in total. The van der Waals surface area contributed by atoms with Gasteiger partial charge in [0, 0.05) is 49.7 Å². The number of nitrogens with zero attached hydrogens (tertiary/aromatic N) is 3. The molecular weight excluding hydrogens is 499 g/mol. The van der Waals surface area contributed by atoms with Crippen molar-refractivity contribution in [2.45, 2.75) is 0 Å². The van der Waals surface area contributed by atoms with Crippen LogP contribution in [0.5, 0.6) is 5.75 Å². The fourth-order valence-corrected chi connectivity index (χ4v) is 4.42.